The molecular weight excluding hydrogens is 278 g/mol. The third-order valence-electron chi connectivity index (χ3n) is 5.07. The number of hydrogen-bond donors (Lipinski definition) is 2. The number of anilines is 1. The number of H-pyrrole nitrogens is 1. The highest BCUT2D eigenvalue weighted by Gasteiger charge is 2.33. The van der Waals surface area contributed by atoms with E-state index in [1.807, 2.05) is 19.2 Å². The van der Waals surface area contributed by atoms with Crippen molar-refractivity contribution >= 4 is 22.6 Å². The highest BCUT2D eigenvalue weighted by atomic mass is 16.4. The van der Waals surface area contributed by atoms with Gasteiger partial charge in [0.2, 0.25) is 0 Å². The Kier molecular flexibility index (Phi) is 4.00. The van der Waals surface area contributed by atoms with Gasteiger partial charge < -0.3 is 15.1 Å². The van der Waals surface area contributed by atoms with E-state index in [4.69, 9.17) is 5.21 Å². The summed E-state index contributed by atoms with van der Waals surface area (Å²) in [6.07, 6.45) is 6.71. The molecule has 1 aliphatic carbocycles. The van der Waals surface area contributed by atoms with Crippen LogP contribution in [-0.4, -0.2) is 39.0 Å². The third-order valence-corrected chi connectivity index (χ3v) is 5.07. The Labute approximate surface area is 130 Å². The SMILES string of the molecule is CC(=NO)C1CCC(C)C(N(C)c2ncnc3[nH]ccc23)C1. The van der Waals surface area contributed by atoms with Gasteiger partial charge >= 0.3 is 0 Å². The highest BCUT2D eigenvalue weighted by molar-refractivity contribution is 5.87. The molecule has 3 atom stereocenters. The summed E-state index contributed by atoms with van der Waals surface area (Å²) in [6.45, 7) is 4.20. The molecule has 6 heteroatoms. The van der Waals surface area contributed by atoms with Crippen LogP contribution >= 0.6 is 0 Å². The first-order chi connectivity index (χ1) is 10.6. The first kappa shape index (κ1) is 14.8. The summed E-state index contributed by atoms with van der Waals surface area (Å²) in [5.41, 5.74) is 1.70. The van der Waals surface area contributed by atoms with E-state index < -0.39 is 0 Å². The molecule has 1 fully saturated rings. The first-order valence-corrected chi connectivity index (χ1v) is 7.81. The van der Waals surface area contributed by atoms with Crippen LogP contribution in [0.1, 0.15) is 33.1 Å². The Balaban J connectivity index is 1.89. The van der Waals surface area contributed by atoms with Crippen LogP contribution in [0, 0.1) is 11.8 Å². The summed E-state index contributed by atoms with van der Waals surface area (Å²) in [6, 6.07) is 2.40. The topological polar surface area (TPSA) is 77.4 Å². The Morgan fingerprint density at radius 1 is 1.41 bits per heavy atom. The zero-order chi connectivity index (χ0) is 15.7. The molecule has 0 aliphatic heterocycles. The van der Waals surface area contributed by atoms with Crippen LogP contribution in [-0.2, 0) is 0 Å². The average molecular weight is 301 g/mol. The summed E-state index contributed by atoms with van der Waals surface area (Å²) < 4.78 is 0. The van der Waals surface area contributed by atoms with Crippen molar-refractivity contribution in [3.05, 3.63) is 18.6 Å². The van der Waals surface area contributed by atoms with Crippen LogP contribution in [0.4, 0.5) is 5.82 Å². The van der Waals surface area contributed by atoms with Crippen LogP contribution in [0.5, 0.6) is 0 Å². The standard InChI is InChI=1S/C16H23N5O/c1-10-4-5-12(11(2)20-22)8-14(10)21(3)16-13-6-7-17-15(13)18-9-19-16/h6-7,9-10,12,14,22H,4-5,8H2,1-3H3,(H,17,18,19). The largest absolute Gasteiger partial charge is 0.411 e. The molecule has 0 aromatic carbocycles. The highest BCUT2D eigenvalue weighted by Crippen LogP contribution is 2.35. The van der Waals surface area contributed by atoms with Gasteiger partial charge in [-0.1, -0.05) is 12.1 Å². The van der Waals surface area contributed by atoms with E-state index in [0.717, 1.165) is 41.8 Å². The number of rotatable bonds is 3. The van der Waals surface area contributed by atoms with Gasteiger partial charge in [0.1, 0.15) is 17.8 Å². The van der Waals surface area contributed by atoms with Gasteiger partial charge in [0.25, 0.3) is 0 Å². The van der Waals surface area contributed by atoms with E-state index in [2.05, 4.69) is 39.0 Å². The Morgan fingerprint density at radius 2 is 2.23 bits per heavy atom. The van der Waals surface area contributed by atoms with E-state index >= 15 is 0 Å². The fourth-order valence-corrected chi connectivity index (χ4v) is 3.60. The van der Waals surface area contributed by atoms with Gasteiger partial charge in [0.05, 0.1) is 11.1 Å². The smallest absolute Gasteiger partial charge is 0.142 e. The monoisotopic (exact) mass is 301 g/mol. The number of oxime groups is 1. The van der Waals surface area contributed by atoms with Crippen molar-refractivity contribution in [2.24, 2.45) is 17.0 Å². The van der Waals surface area contributed by atoms with Crippen molar-refractivity contribution in [2.45, 2.75) is 39.2 Å². The van der Waals surface area contributed by atoms with Crippen molar-refractivity contribution in [1.82, 2.24) is 15.0 Å². The molecule has 118 valence electrons. The van der Waals surface area contributed by atoms with E-state index in [-0.39, 0.29) is 0 Å². The Bertz CT molecular complexity index is 680. The second-order valence-corrected chi connectivity index (χ2v) is 6.34. The molecule has 6 nitrogen and oxygen atoms in total. The van der Waals surface area contributed by atoms with Crippen molar-refractivity contribution in [2.75, 3.05) is 11.9 Å². The summed E-state index contributed by atoms with van der Waals surface area (Å²) in [7, 11) is 2.10. The van der Waals surface area contributed by atoms with E-state index in [9.17, 15) is 0 Å². The molecule has 0 saturated heterocycles. The lowest BCUT2D eigenvalue weighted by Gasteiger charge is -2.40. The van der Waals surface area contributed by atoms with Crippen molar-refractivity contribution in [1.29, 1.82) is 0 Å². The maximum absolute atomic E-state index is 9.06. The van der Waals surface area contributed by atoms with Gasteiger partial charge in [-0.25, -0.2) is 9.97 Å². The molecule has 1 aliphatic rings. The Morgan fingerprint density at radius 3 is 3.00 bits per heavy atom. The number of hydrogen-bond acceptors (Lipinski definition) is 5. The quantitative estimate of drug-likeness (QED) is 0.519. The fourth-order valence-electron chi connectivity index (χ4n) is 3.60. The molecule has 0 spiro atoms. The third kappa shape index (κ3) is 2.53. The number of aromatic amines is 1. The summed E-state index contributed by atoms with van der Waals surface area (Å²) in [5, 5.41) is 13.5. The van der Waals surface area contributed by atoms with Crippen LogP contribution in [0.2, 0.25) is 0 Å². The molecule has 1 saturated carbocycles. The van der Waals surface area contributed by atoms with Crippen molar-refractivity contribution in [3.63, 3.8) is 0 Å². The van der Waals surface area contributed by atoms with Gasteiger partial charge in [0.15, 0.2) is 0 Å². The molecule has 2 heterocycles. The van der Waals surface area contributed by atoms with Crippen LogP contribution in [0.25, 0.3) is 11.0 Å². The second kappa shape index (κ2) is 5.94. The molecule has 2 aromatic heterocycles. The normalized spacial score (nSPS) is 26.3. The fraction of sp³-hybridized carbons (Fsp3) is 0.562. The molecule has 3 rings (SSSR count). The van der Waals surface area contributed by atoms with Gasteiger partial charge in [0, 0.05) is 25.2 Å². The lowest BCUT2D eigenvalue weighted by atomic mass is 9.77. The van der Waals surface area contributed by atoms with Crippen molar-refractivity contribution < 1.29 is 5.21 Å². The van der Waals surface area contributed by atoms with Crippen LogP contribution < -0.4 is 4.90 Å². The lowest BCUT2D eigenvalue weighted by Crippen LogP contribution is -2.43. The van der Waals surface area contributed by atoms with Crippen molar-refractivity contribution in [3.8, 4) is 0 Å². The number of nitrogens with one attached hydrogen (secondary N) is 1. The number of nitrogens with zero attached hydrogens (tertiary/aromatic N) is 4. The maximum atomic E-state index is 9.06. The minimum Gasteiger partial charge on any atom is -0.411 e. The minimum atomic E-state index is 0.345. The zero-order valence-electron chi connectivity index (χ0n) is 13.3. The van der Waals surface area contributed by atoms with Crippen LogP contribution in [0.15, 0.2) is 23.7 Å². The molecule has 2 aromatic rings. The summed E-state index contributed by atoms with van der Waals surface area (Å²) in [5.74, 6) is 1.89. The van der Waals surface area contributed by atoms with E-state index in [1.54, 1.807) is 6.33 Å². The predicted molar refractivity (Wildman–Crippen MR) is 87.5 cm³/mol. The molecule has 0 bridgehead atoms. The molecule has 2 N–H and O–H groups in total. The average Bonchev–Trinajstić information content (AvgIpc) is 3.02. The summed E-state index contributed by atoms with van der Waals surface area (Å²) in [4.78, 5) is 14.2. The number of fused-ring (bicyclic) bond motifs is 1. The van der Waals surface area contributed by atoms with E-state index in [0.29, 0.717) is 17.9 Å². The maximum Gasteiger partial charge on any atom is 0.142 e. The molecule has 22 heavy (non-hydrogen) atoms. The predicted octanol–water partition coefficient (Wildman–Crippen LogP) is 3.05. The van der Waals surface area contributed by atoms with Gasteiger partial charge in [-0.05, 0) is 38.2 Å². The van der Waals surface area contributed by atoms with E-state index in [1.165, 1.54) is 0 Å². The lowest BCUT2D eigenvalue weighted by molar-refractivity contribution is 0.273. The molecule has 0 amide bonds. The van der Waals surface area contributed by atoms with Gasteiger partial charge in [-0.2, -0.15) is 0 Å². The zero-order valence-corrected chi connectivity index (χ0v) is 13.3. The van der Waals surface area contributed by atoms with Crippen LogP contribution in [0.3, 0.4) is 0 Å². The Hall–Kier alpha value is -2.11. The molecular formula is C16H23N5O. The first-order valence-electron chi connectivity index (χ1n) is 7.81. The van der Waals surface area contributed by atoms with Gasteiger partial charge in [-0.15, -0.1) is 0 Å². The number of aromatic nitrogens is 3. The molecule has 3 unspecified atom stereocenters. The molecule has 0 radical (unpaired) electrons. The van der Waals surface area contributed by atoms with Gasteiger partial charge in [-0.3, -0.25) is 0 Å². The second-order valence-electron chi connectivity index (χ2n) is 6.34. The summed E-state index contributed by atoms with van der Waals surface area (Å²) >= 11 is 0. The minimum absolute atomic E-state index is 0.345.